The summed E-state index contributed by atoms with van der Waals surface area (Å²) in [6.45, 7) is 16.6. The van der Waals surface area contributed by atoms with Gasteiger partial charge < -0.3 is 9.47 Å². The number of ether oxygens (including phenoxy) is 2. The van der Waals surface area contributed by atoms with E-state index in [1.165, 1.54) is 74.8 Å². The summed E-state index contributed by atoms with van der Waals surface area (Å²) < 4.78 is 11.4. The van der Waals surface area contributed by atoms with Gasteiger partial charge in [-0.05, 0) is 125 Å². The van der Waals surface area contributed by atoms with Crippen LogP contribution in [0.3, 0.4) is 0 Å². The third kappa shape index (κ3) is 5.43. The summed E-state index contributed by atoms with van der Waals surface area (Å²) in [7, 11) is 0. The standard InChI is InChI=1S/C36H51NO5/c1-23(2)9-8-10-24(3)28-16-17-29-27-15-18-31-34(4,5)32(20-22-36(31,7)30(27)19-21-35(28,29)6)42-33(38)41-26-13-11-25(12-14-26)37(39)40/h9,11-14,24,28-29,31-32H,8,10,15-22H2,1-7H3/t24-,28-,29+,31?,32+,35-,36-/m1/s1. The van der Waals surface area contributed by atoms with Crippen molar-refractivity contribution in [1.29, 1.82) is 0 Å². The number of nitrogens with zero attached hydrogens (tertiary/aromatic N) is 1. The second-order valence-corrected chi connectivity index (χ2v) is 15.2. The molecule has 7 atom stereocenters. The number of allylic oxidation sites excluding steroid dienone is 4. The highest BCUT2D eigenvalue weighted by molar-refractivity contribution is 5.64. The second-order valence-electron chi connectivity index (χ2n) is 15.2. The molecule has 0 spiro atoms. The summed E-state index contributed by atoms with van der Waals surface area (Å²) in [6.07, 6.45) is 13.4. The summed E-state index contributed by atoms with van der Waals surface area (Å²) in [4.78, 5) is 23.3. The van der Waals surface area contributed by atoms with Crippen molar-refractivity contribution in [3.8, 4) is 5.75 Å². The summed E-state index contributed by atoms with van der Waals surface area (Å²) in [5, 5.41) is 10.9. The molecule has 0 N–H and O–H groups in total. The molecule has 4 aliphatic carbocycles. The minimum atomic E-state index is -0.731. The number of fused-ring (bicyclic) bond motifs is 4. The fraction of sp³-hybridized carbons (Fsp3) is 0.694. The molecule has 6 nitrogen and oxygen atoms in total. The molecule has 5 rings (SSSR count). The van der Waals surface area contributed by atoms with Crippen LogP contribution < -0.4 is 4.74 Å². The fourth-order valence-corrected chi connectivity index (χ4v) is 10.2. The molecule has 0 heterocycles. The molecule has 2 fully saturated rings. The van der Waals surface area contributed by atoms with E-state index >= 15 is 0 Å². The first kappa shape index (κ1) is 30.8. The Kier molecular flexibility index (Phi) is 8.41. The molecule has 230 valence electrons. The molecule has 0 aliphatic heterocycles. The van der Waals surface area contributed by atoms with Gasteiger partial charge in [0.1, 0.15) is 11.9 Å². The molecule has 4 aliphatic rings. The number of carbonyl (C=O) groups excluding carboxylic acids is 1. The second kappa shape index (κ2) is 11.5. The molecule has 2 saturated carbocycles. The summed E-state index contributed by atoms with van der Waals surface area (Å²) >= 11 is 0. The van der Waals surface area contributed by atoms with Gasteiger partial charge in [-0.15, -0.1) is 0 Å². The average Bonchev–Trinajstić information content (AvgIpc) is 3.28. The van der Waals surface area contributed by atoms with Crippen molar-refractivity contribution in [2.24, 2.45) is 39.9 Å². The topological polar surface area (TPSA) is 78.7 Å². The van der Waals surface area contributed by atoms with Gasteiger partial charge in [-0.1, -0.05) is 57.4 Å². The number of hydrogen-bond acceptors (Lipinski definition) is 5. The average molecular weight is 578 g/mol. The molecular formula is C36H51NO5. The Morgan fingerprint density at radius 3 is 2.43 bits per heavy atom. The summed E-state index contributed by atoms with van der Waals surface area (Å²) in [5.41, 5.74) is 5.32. The highest BCUT2D eigenvalue weighted by atomic mass is 16.7. The van der Waals surface area contributed by atoms with Gasteiger partial charge in [0.25, 0.3) is 5.69 Å². The SMILES string of the molecule is CC(C)=CCC[C@@H](C)[C@H]1CC[C@H]2C3=C(CC[C@]12C)[C@@]1(C)CC[C@H](OC(=O)Oc2ccc([N+](=O)[O-])cc2)C(C)(C)C1CC3. The summed E-state index contributed by atoms with van der Waals surface area (Å²) in [5.74, 6) is 3.00. The quantitative estimate of drug-likeness (QED) is 0.106. The van der Waals surface area contributed by atoms with E-state index in [0.717, 1.165) is 37.0 Å². The van der Waals surface area contributed by atoms with Crippen LogP contribution >= 0.6 is 0 Å². The number of non-ortho nitro benzene ring substituents is 1. The Bertz CT molecular complexity index is 1260. The molecular weight excluding hydrogens is 526 g/mol. The first-order valence-electron chi connectivity index (χ1n) is 16.3. The van der Waals surface area contributed by atoms with Crippen LogP contribution in [-0.2, 0) is 4.74 Å². The van der Waals surface area contributed by atoms with Crippen molar-refractivity contribution in [1.82, 2.24) is 0 Å². The largest absolute Gasteiger partial charge is 0.514 e. The first-order valence-corrected chi connectivity index (χ1v) is 16.3. The lowest BCUT2D eigenvalue weighted by molar-refractivity contribution is -0.384. The number of nitro groups is 1. The molecule has 6 heteroatoms. The number of benzene rings is 1. The lowest BCUT2D eigenvalue weighted by Crippen LogP contribution is -2.54. The monoisotopic (exact) mass is 577 g/mol. The minimum Gasteiger partial charge on any atom is -0.430 e. The Hall–Kier alpha value is -2.63. The maximum absolute atomic E-state index is 12.8. The van der Waals surface area contributed by atoms with E-state index in [9.17, 15) is 14.9 Å². The Morgan fingerprint density at radius 2 is 1.76 bits per heavy atom. The maximum Gasteiger partial charge on any atom is 0.514 e. The Morgan fingerprint density at radius 1 is 1.05 bits per heavy atom. The Balaban J connectivity index is 1.28. The van der Waals surface area contributed by atoms with Gasteiger partial charge in [0.15, 0.2) is 0 Å². The molecule has 0 amide bonds. The molecule has 0 aromatic heterocycles. The molecule has 1 unspecified atom stereocenters. The lowest BCUT2D eigenvalue weighted by atomic mass is 9.46. The highest BCUT2D eigenvalue weighted by Crippen LogP contribution is 2.68. The number of nitro benzene ring substituents is 1. The summed E-state index contributed by atoms with van der Waals surface area (Å²) in [6, 6.07) is 5.54. The number of rotatable bonds is 7. The Labute approximate surface area is 252 Å². The molecule has 0 saturated heterocycles. The zero-order chi connectivity index (χ0) is 30.4. The van der Waals surface area contributed by atoms with Crippen molar-refractivity contribution < 1.29 is 19.2 Å². The van der Waals surface area contributed by atoms with Gasteiger partial charge in [0.2, 0.25) is 0 Å². The van der Waals surface area contributed by atoms with Crippen LogP contribution in [0.2, 0.25) is 0 Å². The zero-order valence-corrected chi connectivity index (χ0v) is 26.8. The zero-order valence-electron chi connectivity index (χ0n) is 26.8. The van der Waals surface area contributed by atoms with Crippen molar-refractivity contribution in [3.63, 3.8) is 0 Å². The minimum absolute atomic E-state index is 0.0421. The third-order valence-electron chi connectivity index (χ3n) is 12.3. The van der Waals surface area contributed by atoms with Crippen LogP contribution in [0.4, 0.5) is 10.5 Å². The van der Waals surface area contributed by atoms with Crippen LogP contribution in [0.15, 0.2) is 47.1 Å². The maximum atomic E-state index is 12.8. The van der Waals surface area contributed by atoms with Gasteiger partial charge in [0.05, 0.1) is 4.92 Å². The van der Waals surface area contributed by atoms with Gasteiger partial charge >= 0.3 is 6.16 Å². The lowest BCUT2D eigenvalue weighted by Gasteiger charge is -2.60. The highest BCUT2D eigenvalue weighted by Gasteiger charge is 2.60. The van der Waals surface area contributed by atoms with Gasteiger partial charge in [0, 0.05) is 17.5 Å². The van der Waals surface area contributed by atoms with Crippen molar-refractivity contribution >= 4 is 11.8 Å². The van der Waals surface area contributed by atoms with E-state index < -0.39 is 11.1 Å². The molecule has 1 aromatic carbocycles. The van der Waals surface area contributed by atoms with E-state index in [4.69, 9.17) is 9.47 Å². The fourth-order valence-electron chi connectivity index (χ4n) is 10.2. The van der Waals surface area contributed by atoms with E-state index in [-0.39, 0.29) is 28.4 Å². The number of carbonyl (C=O) groups is 1. The van der Waals surface area contributed by atoms with E-state index in [0.29, 0.717) is 11.3 Å². The van der Waals surface area contributed by atoms with E-state index in [1.54, 1.807) is 11.1 Å². The van der Waals surface area contributed by atoms with E-state index in [1.807, 2.05) is 0 Å². The predicted octanol–water partition coefficient (Wildman–Crippen LogP) is 10.2. The third-order valence-corrected chi connectivity index (χ3v) is 12.3. The van der Waals surface area contributed by atoms with Gasteiger partial charge in [-0.25, -0.2) is 4.79 Å². The van der Waals surface area contributed by atoms with Crippen LogP contribution in [-0.4, -0.2) is 17.2 Å². The first-order chi connectivity index (χ1) is 19.8. The van der Waals surface area contributed by atoms with Crippen LogP contribution in [0.25, 0.3) is 0 Å². The smallest absolute Gasteiger partial charge is 0.430 e. The van der Waals surface area contributed by atoms with Crippen molar-refractivity contribution in [2.45, 2.75) is 119 Å². The van der Waals surface area contributed by atoms with Crippen LogP contribution in [0, 0.1) is 50.0 Å². The molecule has 0 bridgehead atoms. The van der Waals surface area contributed by atoms with E-state index in [2.05, 4.69) is 54.5 Å². The molecule has 42 heavy (non-hydrogen) atoms. The normalized spacial score (nSPS) is 34.0. The molecule has 1 aromatic rings. The van der Waals surface area contributed by atoms with Crippen LogP contribution in [0.5, 0.6) is 5.75 Å². The predicted molar refractivity (Wildman–Crippen MR) is 166 cm³/mol. The van der Waals surface area contributed by atoms with Gasteiger partial charge in [-0.3, -0.25) is 10.1 Å². The van der Waals surface area contributed by atoms with Crippen LogP contribution in [0.1, 0.15) is 113 Å². The number of hydrogen-bond donors (Lipinski definition) is 0. The molecule has 0 radical (unpaired) electrons. The van der Waals surface area contributed by atoms with Crippen molar-refractivity contribution in [3.05, 3.63) is 57.2 Å². The van der Waals surface area contributed by atoms with Gasteiger partial charge in [-0.2, -0.15) is 0 Å². The van der Waals surface area contributed by atoms with Crippen molar-refractivity contribution in [2.75, 3.05) is 0 Å².